The van der Waals surface area contributed by atoms with E-state index in [2.05, 4.69) is 34.6 Å². The van der Waals surface area contributed by atoms with Crippen molar-refractivity contribution in [3.63, 3.8) is 0 Å². The summed E-state index contributed by atoms with van der Waals surface area (Å²) in [5.41, 5.74) is 0.0613. The van der Waals surface area contributed by atoms with Crippen molar-refractivity contribution < 1.29 is 23.9 Å². The van der Waals surface area contributed by atoms with Crippen molar-refractivity contribution in [3.05, 3.63) is 0 Å². The number of ketones is 3. The summed E-state index contributed by atoms with van der Waals surface area (Å²) in [4.78, 5) is 50.1. The number of esters is 1. The fraction of sp³-hybridized carbons (Fsp3) is 0.871. The van der Waals surface area contributed by atoms with Crippen LogP contribution in [0.2, 0.25) is 0 Å². The molecule has 0 radical (unpaired) electrons. The van der Waals surface area contributed by atoms with Gasteiger partial charge in [0.05, 0.1) is 5.92 Å². The summed E-state index contributed by atoms with van der Waals surface area (Å²) < 4.78 is 5.93. The zero-order chi connectivity index (χ0) is 27.3. The third-order valence-corrected chi connectivity index (χ3v) is 9.88. The zero-order valence-corrected chi connectivity index (χ0v) is 24.3. The summed E-state index contributed by atoms with van der Waals surface area (Å²) in [5, 5.41) is 0. The number of Topliss-reactive ketones (excluding diaryl/α,β-unsaturated/α-hetero) is 3. The molecule has 36 heavy (non-hydrogen) atoms. The molecular formula is C31H52O5. The molecule has 0 spiro atoms. The van der Waals surface area contributed by atoms with Crippen molar-refractivity contribution in [2.75, 3.05) is 0 Å². The maximum atomic E-state index is 12.8. The second-order valence-electron chi connectivity index (χ2n) is 13.2. The molecule has 0 aromatic rings. The summed E-state index contributed by atoms with van der Waals surface area (Å²) in [5.74, 6) is 0.171. The van der Waals surface area contributed by atoms with Crippen LogP contribution in [0.5, 0.6) is 0 Å². The standard InChI is InChI=1S/C31H52O5/c1-9-30(5,6)24-17-20(3)29(21(24)4)36-27(34)16-14-12-11-13-15-22(32)18-23-26(33)19-25(28(23)35)31(7,8)10-2/h20-21,23-25,29H,9-19H2,1-8H3. The Morgan fingerprint density at radius 3 is 2.06 bits per heavy atom. The SMILES string of the molecule is CCC(C)(C)C1CC(=O)C(CC(=O)CCCCCCC(=O)OC2C(C)CC(C(C)(C)CC)C2C)C1=O. The van der Waals surface area contributed by atoms with Gasteiger partial charge in [0.15, 0.2) is 0 Å². The second kappa shape index (κ2) is 12.8. The fourth-order valence-corrected chi connectivity index (χ4v) is 6.47. The predicted octanol–water partition coefficient (Wildman–Crippen LogP) is 7.14. The molecule has 0 aromatic heterocycles. The summed E-state index contributed by atoms with van der Waals surface area (Å²) in [7, 11) is 0. The van der Waals surface area contributed by atoms with Crippen LogP contribution in [-0.4, -0.2) is 29.4 Å². The first-order valence-corrected chi connectivity index (χ1v) is 14.5. The Balaban J connectivity index is 1.65. The molecule has 0 saturated heterocycles. The monoisotopic (exact) mass is 504 g/mol. The van der Waals surface area contributed by atoms with E-state index >= 15 is 0 Å². The molecule has 206 valence electrons. The van der Waals surface area contributed by atoms with Crippen molar-refractivity contribution in [2.24, 2.45) is 40.4 Å². The van der Waals surface area contributed by atoms with E-state index in [1.54, 1.807) is 0 Å². The summed E-state index contributed by atoms with van der Waals surface area (Å²) >= 11 is 0. The first-order valence-electron chi connectivity index (χ1n) is 14.5. The number of carbonyl (C=O) groups excluding carboxylic acids is 4. The van der Waals surface area contributed by atoms with Crippen LogP contribution in [0.1, 0.15) is 126 Å². The maximum Gasteiger partial charge on any atom is 0.306 e. The molecule has 2 aliphatic carbocycles. The Kier molecular flexibility index (Phi) is 10.9. The Hall–Kier alpha value is -1.52. The average molecular weight is 505 g/mol. The van der Waals surface area contributed by atoms with Crippen LogP contribution in [0.25, 0.3) is 0 Å². The zero-order valence-electron chi connectivity index (χ0n) is 24.3. The molecule has 2 aliphatic rings. The molecule has 0 aliphatic heterocycles. The maximum absolute atomic E-state index is 12.8. The van der Waals surface area contributed by atoms with Crippen molar-refractivity contribution in [1.29, 1.82) is 0 Å². The lowest BCUT2D eigenvalue weighted by atomic mass is 9.72. The van der Waals surface area contributed by atoms with Crippen LogP contribution in [0.4, 0.5) is 0 Å². The molecule has 2 rings (SSSR count). The lowest BCUT2D eigenvalue weighted by molar-refractivity contribution is -0.153. The van der Waals surface area contributed by atoms with E-state index in [9.17, 15) is 19.2 Å². The Labute approximate surface area is 219 Å². The van der Waals surface area contributed by atoms with E-state index in [0.717, 1.165) is 44.9 Å². The van der Waals surface area contributed by atoms with Crippen molar-refractivity contribution in [1.82, 2.24) is 0 Å². The largest absolute Gasteiger partial charge is 0.462 e. The van der Waals surface area contributed by atoms with Gasteiger partial charge in [0, 0.05) is 31.6 Å². The topological polar surface area (TPSA) is 77.5 Å². The lowest BCUT2D eigenvalue weighted by Gasteiger charge is -2.34. The number of rotatable bonds is 14. The van der Waals surface area contributed by atoms with Gasteiger partial charge in [-0.3, -0.25) is 19.2 Å². The Morgan fingerprint density at radius 2 is 1.47 bits per heavy atom. The Bertz CT molecular complexity index is 795. The van der Waals surface area contributed by atoms with Gasteiger partial charge in [0.1, 0.15) is 23.5 Å². The minimum absolute atomic E-state index is 0.00447. The van der Waals surface area contributed by atoms with E-state index < -0.39 is 5.92 Å². The summed E-state index contributed by atoms with van der Waals surface area (Å²) in [6.45, 7) is 17.4. The van der Waals surface area contributed by atoms with E-state index in [-0.39, 0.29) is 59.0 Å². The third kappa shape index (κ3) is 7.51. The van der Waals surface area contributed by atoms with Crippen LogP contribution < -0.4 is 0 Å². The lowest BCUT2D eigenvalue weighted by Crippen LogP contribution is -2.31. The molecule has 2 saturated carbocycles. The van der Waals surface area contributed by atoms with Crippen LogP contribution in [-0.2, 0) is 23.9 Å². The van der Waals surface area contributed by atoms with Gasteiger partial charge in [-0.15, -0.1) is 0 Å². The molecule has 0 aromatic carbocycles. The van der Waals surface area contributed by atoms with Gasteiger partial charge in [0.2, 0.25) is 0 Å². The summed E-state index contributed by atoms with van der Waals surface area (Å²) in [6, 6.07) is 0. The number of hydrogen-bond donors (Lipinski definition) is 0. The summed E-state index contributed by atoms with van der Waals surface area (Å²) in [6.07, 6.45) is 7.48. The quantitative estimate of drug-likeness (QED) is 0.143. The molecule has 0 heterocycles. The number of unbranched alkanes of at least 4 members (excludes halogenated alkanes) is 3. The predicted molar refractivity (Wildman–Crippen MR) is 143 cm³/mol. The van der Waals surface area contributed by atoms with Crippen LogP contribution in [0.3, 0.4) is 0 Å². The number of carbonyl (C=O) groups is 4. The minimum atomic E-state index is -0.731. The highest BCUT2D eigenvalue weighted by atomic mass is 16.5. The molecule has 5 heteroatoms. The molecule has 0 N–H and O–H groups in total. The van der Waals surface area contributed by atoms with Crippen molar-refractivity contribution in [2.45, 2.75) is 132 Å². The van der Waals surface area contributed by atoms with Gasteiger partial charge in [0.25, 0.3) is 0 Å². The molecular weight excluding hydrogens is 452 g/mol. The van der Waals surface area contributed by atoms with Crippen molar-refractivity contribution in [3.8, 4) is 0 Å². The molecule has 0 bridgehead atoms. The first kappa shape index (κ1) is 30.7. The normalized spacial score (nSPS) is 29.1. The molecule has 2 fully saturated rings. The molecule has 0 amide bonds. The molecule has 6 unspecified atom stereocenters. The number of ether oxygens (including phenoxy) is 1. The van der Waals surface area contributed by atoms with Crippen LogP contribution in [0.15, 0.2) is 0 Å². The minimum Gasteiger partial charge on any atom is -0.462 e. The van der Waals surface area contributed by atoms with Gasteiger partial charge in [-0.25, -0.2) is 0 Å². The second-order valence-corrected chi connectivity index (χ2v) is 13.2. The van der Waals surface area contributed by atoms with Gasteiger partial charge in [-0.05, 0) is 47.8 Å². The van der Waals surface area contributed by atoms with Crippen LogP contribution >= 0.6 is 0 Å². The van der Waals surface area contributed by atoms with Gasteiger partial charge >= 0.3 is 5.97 Å². The highest BCUT2D eigenvalue weighted by Gasteiger charge is 2.48. The highest BCUT2D eigenvalue weighted by molar-refractivity contribution is 6.12. The van der Waals surface area contributed by atoms with E-state index in [1.807, 2.05) is 20.8 Å². The van der Waals surface area contributed by atoms with Crippen LogP contribution in [0, 0.1) is 40.4 Å². The molecule has 5 nitrogen and oxygen atoms in total. The Morgan fingerprint density at radius 1 is 0.889 bits per heavy atom. The molecule has 6 atom stereocenters. The van der Waals surface area contributed by atoms with E-state index in [4.69, 9.17) is 4.74 Å². The van der Waals surface area contributed by atoms with Gasteiger partial charge in [-0.2, -0.15) is 0 Å². The van der Waals surface area contributed by atoms with Crippen molar-refractivity contribution >= 4 is 23.3 Å². The van der Waals surface area contributed by atoms with Gasteiger partial charge < -0.3 is 4.74 Å². The average Bonchev–Trinajstić information content (AvgIpc) is 3.27. The van der Waals surface area contributed by atoms with Gasteiger partial charge in [-0.1, -0.05) is 81.1 Å². The third-order valence-electron chi connectivity index (χ3n) is 9.88. The van der Waals surface area contributed by atoms with E-state index in [0.29, 0.717) is 30.6 Å². The smallest absolute Gasteiger partial charge is 0.306 e. The van der Waals surface area contributed by atoms with E-state index in [1.165, 1.54) is 0 Å². The highest BCUT2D eigenvalue weighted by Crippen LogP contribution is 2.49. The fourth-order valence-electron chi connectivity index (χ4n) is 6.47. The first-order chi connectivity index (χ1) is 16.7. The number of hydrogen-bond acceptors (Lipinski definition) is 5.